The zero-order valence-electron chi connectivity index (χ0n) is 9.97. The van der Waals surface area contributed by atoms with Crippen LogP contribution in [0.1, 0.15) is 15.9 Å². The molecule has 0 aliphatic heterocycles. The predicted octanol–water partition coefficient (Wildman–Crippen LogP) is 1.34. The maximum atomic E-state index is 11.9. The lowest BCUT2D eigenvalue weighted by Gasteiger charge is -2.22. The number of methoxy groups -OCH3 is 2. The lowest BCUT2D eigenvalue weighted by Crippen LogP contribution is -2.32. The minimum atomic E-state index is -1.06. The Morgan fingerprint density at radius 2 is 1.56 bits per heavy atom. The zero-order chi connectivity index (χ0) is 13.3. The molecule has 0 heterocycles. The molecule has 0 spiro atoms. The lowest BCUT2D eigenvalue weighted by molar-refractivity contribution is -0.120. The molecule has 1 N–H and O–H groups in total. The quantitative estimate of drug-likeness (QED) is 0.645. The molecule has 0 bridgehead atoms. The van der Waals surface area contributed by atoms with Crippen molar-refractivity contribution in [2.24, 2.45) is 0 Å². The van der Waals surface area contributed by atoms with Gasteiger partial charge in [-0.25, -0.2) is 0 Å². The van der Waals surface area contributed by atoms with Crippen LogP contribution >= 0.6 is 0 Å². The SMILES string of the molecule is COC(OC)C1=C(O)c2ccccc2C(=O)C1=O. The maximum Gasteiger partial charge on any atom is 0.238 e. The molecule has 0 fully saturated rings. The molecule has 0 unspecified atom stereocenters. The first-order valence-electron chi connectivity index (χ1n) is 5.29. The van der Waals surface area contributed by atoms with Gasteiger partial charge in [0, 0.05) is 25.3 Å². The number of aliphatic hydroxyl groups is 1. The molecular formula is C13H12O5. The van der Waals surface area contributed by atoms with Crippen molar-refractivity contribution in [3.63, 3.8) is 0 Å². The van der Waals surface area contributed by atoms with Crippen molar-refractivity contribution in [1.82, 2.24) is 0 Å². The Balaban J connectivity index is 2.65. The van der Waals surface area contributed by atoms with Gasteiger partial charge in [0.25, 0.3) is 0 Å². The average molecular weight is 248 g/mol. The summed E-state index contributed by atoms with van der Waals surface area (Å²) in [6.45, 7) is 0. The van der Waals surface area contributed by atoms with Crippen LogP contribution in [0, 0.1) is 0 Å². The molecule has 94 valence electrons. The third-order valence-corrected chi connectivity index (χ3v) is 2.80. The second-order valence-electron chi connectivity index (χ2n) is 3.77. The molecular weight excluding hydrogens is 236 g/mol. The highest BCUT2D eigenvalue weighted by atomic mass is 16.7. The fourth-order valence-corrected chi connectivity index (χ4v) is 1.94. The Kier molecular flexibility index (Phi) is 3.27. The van der Waals surface area contributed by atoms with Gasteiger partial charge in [-0.15, -0.1) is 0 Å². The number of carbonyl (C=O) groups excluding carboxylic acids is 2. The van der Waals surface area contributed by atoms with E-state index in [1.807, 2.05) is 0 Å². The number of hydrogen-bond donors (Lipinski definition) is 1. The molecule has 1 aliphatic rings. The normalized spacial score (nSPS) is 15.3. The van der Waals surface area contributed by atoms with Crippen molar-refractivity contribution < 1.29 is 24.2 Å². The van der Waals surface area contributed by atoms with Gasteiger partial charge in [0.15, 0.2) is 6.29 Å². The van der Waals surface area contributed by atoms with Crippen LogP contribution in [-0.4, -0.2) is 37.2 Å². The van der Waals surface area contributed by atoms with E-state index in [-0.39, 0.29) is 16.9 Å². The van der Waals surface area contributed by atoms with E-state index in [0.29, 0.717) is 5.56 Å². The van der Waals surface area contributed by atoms with Crippen molar-refractivity contribution in [2.45, 2.75) is 6.29 Å². The van der Waals surface area contributed by atoms with Gasteiger partial charge in [0.2, 0.25) is 11.6 Å². The Hall–Kier alpha value is -1.98. The molecule has 0 saturated carbocycles. The van der Waals surface area contributed by atoms with Crippen LogP contribution in [-0.2, 0) is 14.3 Å². The summed E-state index contributed by atoms with van der Waals surface area (Å²) in [7, 11) is 2.65. The standard InChI is InChI=1S/C13H12O5/c1-17-13(18-2)9-10(14)7-5-3-4-6-8(7)11(15)12(9)16/h3-6,13-14H,1-2H3. The fraction of sp³-hybridized carbons (Fsp3) is 0.231. The first-order chi connectivity index (χ1) is 8.61. The van der Waals surface area contributed by atoms with Gasteiger partial charge >= 0.3 is 0 Å². The molecule has 0 atom stereocenters. The average Bonchev–Trinajstić information content (AvgIpc) is 2.41. The molecule has 1 aromatic rings. The van der Waals surface area contributed by atoms with Gasteiger partial charge in [-0.05, 0) is 0 Å². The van der Waals surface area contributed by atoms with Gasteiger partial charge in [0.05, 0.1) is 0 Å². The fourth-order valence-electron chi connectivity index (χ4n) is 1.94. The Labute approximate surface area is 104 Å². The highest BCUT2D eigenvalue weighted by Crippen LogP contribution is 2.30. The monoisotopic (exact) mass is 248 g/mol. The summed E-state index contributed by atoms with van der Waals surface area (Å²) in [4.78, 5) is 23.8. The number of carbonyl (C=O) groups is 2. The van der Waals surface area contributed by atoms with Gasteiger partial charge in [-0.1, -0.05) is 24.3 Å². The lowest BCUT2D eigenvalue weighted by atomic mass is 9.88. The summed E-state index contributed by atoms with van der Waals surface area (Å²) in [6, 6.07) is 6.37. The Morgan fingerprint density at radius 1 is 1.00 bits per heavy atom. The number of Topliss-reactive ketones (excluding diaryl/α,β-unsaturated/α-hetero) is 2. The zero-order valence-corrected chi connectivity index (χ0v) is 9.97. The molecule has 1 aliphatic carbocycles. The summed E-state index contributed by atoms with van der Waals surface area (Å²) >= 11 is 0. The number of ether oxygens (including phenoxy) is 2. The van der Waals surface area contributed by atoms with Crippen molar-refractivity contribution >= 4 is 17.3 Å². The molecule has 0 amide bonds. The second kappa shape index (κ2) is 4.72. The molecule has 1 aromatic carbocycles. The van der Waals surface area contributed by atoms with Crippen LogP contribution in [0.2, 0.25) is 0 Å². The van der Waals surface area contributed by atoms with Crippen LogP contribution in [0.5, 0.6) is 0 Å². The van der Waals surface area contributed by atoms with Gasteiger partial charge < -0.3 is 14.6 Å². The second-order valence-corrected chi connectivity index (χ2v) is 3.77. The van der Waals surface area contributed by atoms with E-state index in [2.05, 4.69) is 0 Å². The van der Waals surface area contributed by atoms with E-state index in [1.165, 1.54) is 20.3 Å². The molecule has 0 saturated heterocycles. The highest BCUT2D eigenvalue weighted by molar-refractivity contribution is 6.52. The van der Waals surface area contributed by atoms with Crippen LogP contribution in [0.15, 0.2) is 29.8 Å². The minimum Gasteiger partial charge on any atom is -0.507 e. The number of aliphatic hydroxyl groups excluding tert-OH is 1. The van der Waals surface area contributed by atoms with Crippen molar-refractivity contribution in [3.05, 3.63) is 41.0 Å². The summed E-state index contributed by atoms with van der Waals surface area (Å²) in [5.41, 5.74) is 0.342. The smallest absolute Gasteiger partial charge is 0.238 e. The van der Waals surface area contributed by atoms with Crippen molar-refractivity contribution in [1.29, 1.82) is 0 Å². The van der Waals surface area contributed by atoms with Crippen molar-refractivity contribution in [3.8, 4) is 0 Å². The highest BCUT2D eigenvalue weighted by Gasteiger charge is 2.37. The molecule has 0 aromatic heterocycles. The van der Waals surface area contributed by atoms with E-state index >= 15 is 0 Å². The third-order valence-electron chi connectivity index (χ3n) is 2.80. The van der Waals surface area contributed by atoms with Crippen LogP contribution in [0.4, 0.5) is 0 Å². The third kappa shape index (κ3) is 1.73. The van der Waals surface area contributed by atoms with Crippen LogP contribution < -0.4 is 0 Å². The summed E-state index contributed by atoms with van der Waals surface area (Å²) in [5, 5.41) is 10.1. The van der Waals surface area contributed by atoms with Gasteiger partial charge in [-0.3, -0.25) is 9.59 Å². The van der Waals surface area contributed by atoms with Gasteiger partial charge in [0.1, 0.15) is 11.3 Å². The summed E-state index contributed by atoms with van der Waals surface area (Å²) in [6.07, 6.45) is -1.06. The molecule has 18 heavy (non-hydrogen) atoms. The van der Waals surface area contributed by atoms with Crippen molar-refractivity contribution in [2.75, 3.05) is 14.2 Å². The number of ketones is 2. The van der Waals surface area contributed by atoms with Gasteiger partial charge in [-0.2, -0.15) is 0 Å². The molecule has 0 radical (unpaired) electrons. The largest absolute Gasteiger partial charge is 0.507 e. The van der Waals surface area contributed by atoms with E-state index in [0.717, 1.165) is 0 Å². The number of rotatable bonds is 3. The number of hydrogen-bond acceptors (Lipinski definition) is 5. The first kappa shape index (κ1) is 12.5. The van der Waals surface area contributed by atoms with E-state index < -0.39 is 17.9 Å². The topological polar surface area (TPSA) is 72.8 Å². The van der Waals surface area contributed by atoms with E-state index in [9.17, 15) is 14.7 Å². The predicted molar refractivity (Wildman–Crippen MR) is 63.1 cm³/mol. The maximum absolute atomic E-state index is 11.9. The van der Waals surface area contributed by atoms with E-state index in [1.54, 1.807) is 18.2 Å². The molecule has 5 heteroatoms. The number of benzene rings is 1. The van der Waals surface area contributed by atoms with Crippen LogP contribution in [0.25, 0.3) is 5.76 Å². The Morgan fingerprint density at radius 3 is 2.11 bits per heavy atom. The Bertz CT molecular complexity index is 540. The molecule has 2 rings (SSSR count). The first-order valence-corrected chi connectivity index (χ1v) is 5.29. The minimum absolute atomic E-state index is 0.163. The van der Waals surface area contributed by atoms with E-state index in [4.69, 9.17) is 9.47 Å². The number of fused-ring (bicyclic) bond motifs is 1. The van der Waals surface area contributed by atoms with Crippen LogP contribution in [0.3, 0.4) is 0 Å². The molecule has 5 nitrogen and oxygen atoms in total. The summed E-state index contributed by atoms with van der Waals surface area (Å²) in [5.74, 6) is -1.75. The summed E-state index contributed by atoms with van der Waals surface area (Å²) < 4.78 is 9.86.